The fraction of sp³-hybridized carbons (Fsp3) is 0.500. The molecule has 1 aliphatic rings. The highest BCUT2D eigenvalue weighted by atomic mass is 127. The number of nitrogens with zero attached hydrogens (tertiary/aromatic N) is 1. The monoisotopic (exact) mass is 412 g/mol. The van der Waals surface area contributed by atoms with Crippen LogP contribution in [0.5, 0.6) is 0 Å². The zero-order chi connectivity index (χ0) is 14.0. The van der Waals surface area contributed by atoms with Gasteiger partial charge in [0.05, 0.1) is 11.4 Å². The summed E-state index contributed by atoms with van der Waals surface area (Å²) in [7, 11) is -3.10. The highest BCUT2D eigenvalue weighted by molar-refractivity contribution is 14.1. The van der Waals surface area contributed by atoms with E-state index in [1.54, 1.807) is 18.7 Å². The topological polar surface area (TPSA) is 63.4 Å². The third-order valence-corrected chi connectivity index (χ3v) is 7.16. The van der Waals surface area contributed by atoms with Crippen molar-refractivity contribution >= 4 is 55.6 Å². The zero-order valence-electron chi connectivity index (χ0n) is 10.7. The molecule has 0 aliphatic carbocycles. The number of benzene rings is 1. The highest BCUT2D eigenvalue weighted by Gasteiger charge is 2.33. The van der Waals surface area contributed by atoms with E-state index in [1.807, 2.05) is 23.1 Å². The predicted octanol–water partition coefficient (Wildman–Crippen LogP) is 2.19. The number of nitrogens with two attached hydrogens (primary N) is 1. The van der Waals surface area contributed by atoms with E-state index < -0.39 is 15.2 Å². The molecule has 0 aromatic heterocycles. The minimum Gasteiger partial charge on any atom is -0.397 e. The number of hydrogen-bond donors (Lipinski definition) is 1. The number of hydrogen-bond acceptors (Lipinski definition) is 5. The summed E-state index contributed by atoms with van der Waals surface area (Å²) in [4.78, 5) is 1.95. The summed E-state index contributed by atoms with van der Waals surface area (Å²) < 4.78 is 25.5. The number of thioether (sulfide) groups is 1. The van der Waals surface area contributed by atoms with Crippen LogP contribution in [0.2, 0.25) is 0 Å². The lowest BCUT2D eigenvalue weighted by atomic mass is 10.2. The lowest BCUT2D eigenvalue weighted by molar-refractivity contribution is 0.580. The van der Waals surface area contributed by atoms with Crippen molar-refractivity contribution in [1.82, 2.24) is 0 Å². The van der Waals surface area contributed by atoms with Crippen molar-refractivity contribution in [2.75, 3.05) is 34.4 Å². The number of rotatable bonds is 3. The van der Waals surface area contributed by atoms with Gasteiger partial charge in [0.25, 0.3) is 0 Å². The van der Waals surface area contributed by atoms with Gasteiger partial charge in [-0.1, -0.05) is 6.92 Å². The minimum atomic E-state index is -3.10. The first-order chi connectivity index (χ1) is 8.95. The van der Waals surface area contributed by atoms with Crippen molar-refractivity contribution < 1.29 is 8.42 Å². The third-order valence-electron chi connectivity index (χ3n) is 3.20. The van der Waals surface area contributed by atoms with Gasteiger partial charge in [0.2, 0.25) is 0 Å². The molecule has 0 saturated carbocycles. The first-order valence-corrected chi connectivity index (χ1v) is 10.0. The predicted molar refractivity (Wildman–Crippen MR) is 91.5 cm³/mol. The molecule has 1 saturated heterocycles. The maximum atomic E-state index is 12.2. The van der Waals surface area contributed by atoms with Crippen LogP contribution in [0.3, 0.4) is 0 Å². The van der Waals surface area contributed by atoms with E-state index in [4.69, 9.17) is 5.73 Å². The SMILES string of the molecule is CCS(=O)(=O)C1CSCCN1c1ccc(I)cc1N. The van der Waals surface area contributed by atoms with Crippen molar-refractivity contribution in [1.29, 1.82) is 0 Å². The van der Waals surface area contributed by atoms with E-state index in [0.29, 0.717) is 11.4 Å². The van der Waals surface area contributed by atoms with Gasteiger partial charge in [-0.05, 0) is 40.8 Å². The number of anilines is 2. The fourth-order valence-corrected chi connectivity index (χ4v) is 5.63. The van der Waals surface area contributed by atoms with E-state index in [-0.39, 0.29) is 5.75 Å². The molecule has 7 heteroatoms. The van der Waals surface area contributed by atoms with Crippen LogP contribution in [0.1, 0.15) is 6.92 Å². The molecule has 0 spiro atoms. The van der Waals surface area contributed by atoms with E-state index in [9.17, 15) is 8.42 Å². The van der Waals surface area contributed by atoms with Crippen LogP contribution in [0, 0.1) is 3.57 Å². The van der Waals surface area contributed by atoms with Crippen molar-refractivity contribution in [2.45, 2.75) is 12.3 Å². The van der Waals surface area contributed by atoms with Crippen molar-refractivity contribution in [3.63, 3.8) is 0 Å². The van der Waals surface area contributed by atoms with Gasteiger partial charge in [-0.15, -0.1) is 0 Å². The van der Waals surface area contributed by atoms with Gasteiger partial charge in [0.15, 0.2) is 9.84 Å². The number of nitrogen functional groups attached to an aromatic ring is 1. The number of sulfone groups is 1. The Morgan fingerprint density at radius 1 is 1.53 bits per heavy atom. The fourth-order valence-electron chi connectivity index (χ4n) is 2.13. The maximum absolute atomic E-state index is 12.2. The van der Waals surface area contributed by atoms with Crippen molar-refractivity contribution in [3.8, 4) is 0 Å². The van der Waals surface area contributed by atoms with Crippen LogP contribution in [0.25, 0.3) is 0 Å². The Balaban J connectivity index is 2.40. The van der Waals surface area contributed by atoms with Gasteiger partial charge >= 0.3 is 0 Å². The minimum absolute atomic E-state index is 0.166. The summed E-state index contributed by atoms with van der Waals surface area (Å²) in [5.41, 5.74) is 7.54. The first kappa shape index (κ1) is 15.2. The van der Waals surface area contributed by atoms with Gasteiger partial charge in [-0.2, -0.15) is 11.8 Å². The molecule has 4 nitrogen and oxygen atoms in total. The molecular weight excluding hydrogens is 395 g/mol. The zero-order valence-corrected chi connectivity index (χ0v) is 14.5. The van der Waals surface area contributed by atoms with E-state index in [2.05, 4.69) is 22.6 Å². The van der Waals surface area contributed by atoms with Crippen LogP contribution in [-0.4, -0.2) is 37.6 Å². The Morgan fingerprint density at radius 3 is 2.89 bits per heavy atom. The lowest BCUT2D eigenvalue weighted by Crippen LogP contribution is -2.48. The van der Waals surface area contributed by atoms with Crippen molar-refractivity contribution in [3.05, 3.63) is 21.8 Å². The van der Waals surface area contributed by atoms with Crippen molar-refractivity contribution in [2.24, 2.45) is 0 Å². The molecule has 1 fully saturated rings. The molecule has 1 heterocycles. The van der Waals surface area contributed by atoms with Crippen LogP contribution in [0.4, 0.5) is 11.4 Å². The molecule has 1 aromatic carbocycles. The molecule has 1 atom stereocenters. The van der Waals surface area contributed by atoms with Crippen LogP contribution < -0.4 is 10.6 Å². The molecule has 1 unspecified atom stereocenters. The van der Waals surface area contributed by atoms with E-state index >= 15 is 0 Å². The Morgan fingerprint density at radius 2 is 2.26 bits per heavy atom. The van der Waals surface area contributed by atoms with Gasteiger partial charge in [-0.25, -0.2) is 8.42 Å². The number of halogens is 1. The first-order valence-electron chi connectivity index (χ1n) is 6.06. The molecule has 2 rings (SSSR count). The van der Waals surface area contributed by atoms with Gasteiger partial charge in [0, 0.05) is 27.4 Å². The van der Waals surface area contributed by atoms with E-state index in [0.717, 1.165) is 21.6 Å². The van der Waals surface area contributed by atoms with Gasteiger partial charge in [0.1, 0.15) is 5.37 Å². The molecule has 1 aliphatic heterocycles. The summed E-state index contributed by atoms with van der Waals surface area (Å²) in [6.45, 7) is 2.42. The summed E-state index contributed by atoms with van der Waals surface area (Å²) in [6.07, 6.45) is 0. The van der Waals surface area contributed by atoms with Gasteiger partial charge < -0.3 is 10.6 Å². The molecule has 0 bridgehead atoms. The third kappa shape index (κ3) is 3.30. The summed E-state index contributed by atoms with van der Waals surface area (Å²) >= 11 is 3.89. The molecule has 2 N–H and O–H groups in total. The second-order valence-corrected chi connectivity index (χ2v) is 9.22. The molecular formula is C12H17IN2O2S2. The molecule has 19 heavy (non-hydrogen) atoms. The quantitative estimate of drug-likeness (QED) is 0.609. The maximum Gasteiger partial charge on any atom is 0.171 e. The summed E-state index contributed by atoms with van der Waals surface area (Å²) in [5, 5.41) is -0.460. The second kappa shape index (κ2) is 6.09. The normalized spacial score (nSPS) is 20.5. The lowest BCUT2D eigenvalue weighted by Gasteiger charge is -2.37. The molecule has 1 aromatic rings. The smallest absolute Gasteiger partial charge is 0.171 e. The van der Waals surface area contributed by atoms with E-state index in [1.165, 1.54) is 0 Å². The average molecular weight is 412 g/mol. The standard InChI is InChI=1S/C12H17IN2O2S2/c1-2-19(16,17)12-8-18-6-5-15(12)11-4-3-9(13)7-10(11)14/h3-4,7,12H,2,5-6,8,14H2,1H3. The largest absolute Gasteiger partial charge is 0.397 e. The Kier molecular flexibility index (Phi) is 4.88. The summed E-state index contributed by atoms with van der Waals surface area (Å²) in [5.74, 6) is 1.71. The Labute approximate surface area is 132 Å². The second-order valence-electron chi connectivity index (χ2n) is 4.38. The Hall–Kier alpha value is -0.150. The molecule has 0 amide bonds. The van der Waals surface area contributed by atoms with Gasteiger partial charge in [-0.3, -0.25) is 0 Å². The van der Waals surface area contributed by atoms with Crippen LogP contribution in [0.15, 0.2) is 18.2 Å². The molecule has 0 radical (unpaired) electrons. The van der Waals surface area contributed by atoms with Crippen LogP contribution >= 0.6 is 34.4 Å². The van der Waals surface area contributed by atoms with Crippen LogP contribution in [-0.2, 0) is 9.84 Å². The average Bonchev–Trinajstić information content (AvgIpc) is 2.39. The summed E-state index contributed by atoms with van der Waals surface area (Å²) in [6, 6.07) is 5.77. The Bertz CT molecular complexity index is 563. The molecule has 106 valence electrons. The highest BCUT2D eigenvalue weighted by Crippen LogP contribution is 2.32.